The Morgan fingerprint density at radius 3 is 2.70 bits per heavy atom. The molecule has 0 unspecified atom stereocenters. The van der Waals surface area contributed by atoms with Crippen LogP contribution >= 0.6 is 15.9 Å². The summed E-state index contributed by atoms with van der Waals surface area (Å²) >= 11 is 3.56. The van der Waals surface area contributed by atoms with Gasteiger partial charge in [-0.2, -0.15) is 0 Å². The predicted octanol–water partition coefficient (Wildman–Crippen LogP) is 2.73. The topological polar surface area (TPSA) is 32.5 Å². The quantitative estimate of drug-likeness (QED) is 0.895. The largest absolute Gasteiger partial charge is 0.374 e. The van der Waals surface area contributed by atoms with E-state index in [0.29, 0.717) is 6.54 Å². The average molecular weight is 340 g/mol. The molecule has 0 amide bonds. The second kappa shape index (κ2) is 7.43. The number of benzene rings is 1. The van der Waals surface area contributed by atoms with Gasteiger partial charge in [0.1, 0.15) is 0 Å². The summed E-state index contributed by atoms with van der Waals surface area (Å²) in [6, 6.07) is 6.54. The van der Waals surface area contributed by atoms with E-state index in [1.54, 1.807) is 0 Å². The van der Waals surface area contributed by atoms with Gasteiger partial charge in [0.2, 0.25) is 0 Å². The highest BCUT2D eigenvalue weighted by molar-refractivity contribution is 9.10. The van der Waals surface area contributed by atoms with Crippen LogP contribution in [0.3, 0.4) is 0 Å². The van der Waals surface area contributed by atoms with E-state index in [1.165, 1.54) is 37.2 Å². The Hall–Kier alpha value is -0.580. The van der Waals surface area contributed by atoms with Crippen molar-refractivity contribution >= 4 is 21.6 Å². The minimum atomic E-state index is 0.700. The Kier molecular flexibility index (Phi) is 5.87. The second-order valence-corrected chi connectivity index (χ2v) is 6.85. The van der Waals surface area contributed by atoms with Gasteiger partial charge >= 0.3 is 0 Å². The molecule has 4 heteroatoms. The van der Waals surface area contributed by atoms with Crippen molar-refractivity contribution in [2.75, 3.05) is 45.2 Å². The zero-order valence-corrected chi connectivity index (χ0v) is 14.2. The van der Waals surface area contributed by atoms with Crippen molar-refractivity contribution in [2.45, 2.75) is 19.3 Å². The van der Waals surface area contributed by atoms with E-state index in [4.69, 9.17) is 5.73 Å². The molecule has 0 spiro atoms. The van der Waals surface area contributed by atoms with Gasteiger partial charge in [-0.1, -0.05) is 15.9 Å². The summed E-state index contributed by atoms with van der Waals surface area (Å²) in [5, 5.41) is 0. The average Bonchev–Trinajstić information content (AvgIpc) is 2.42. The Labute approximate surface area is 131 Å². The molecule has 0 saturated carbocycles. The first kappa shape index (κ1) is 15.8. The van der Waals surface area contributed by atoms with Crippen LogP contribution in [0.5, 0.6) is 0 Å². The van der Waals surface area contributed by atoms with Crippen molar-refractivity contribution in [3.63, 3.8) is 0 Å². The molecular weight excluding hydrogens is 314 g/mol. The summed E-state index contributed by atoms with van der Waals surface area (Å²) in [5.41, 5.74) is 8.42. The fourth-order valence-electron chi connectivity index (χ4n) is 3.01. The Morgan fingerprint density at radius 1 is 1.35 bits per heavy atom. The summed E-state index contributed by atoms with van der Waals surface area (Å²) in [4.78, 5) is 4.84. The minimum absolute atomic E-state index is 0.700. The Balaban J connectivity index is 2.02. The molecule has 0 aromatic heterocycles. The third-order valence-electron chi connectivity index (χ3n) is 4.24. The van der Waals surface area contributed by atoms with Crippen LogP contribution in [0.15, 0.2) is 22.7 Å². The first-order valence-electron chi connectivity index (χ1n) is 7.48. The molecule has 1 fully saturated rings. The highest BCUT2D eigenvalue weighted by Crippen LogP contribution is 2.26. The number of nitrogens with zero attached hydrogens (tertiary/aromatic N) is 2. The van der Waals surface area contributed by atoms with Gasteiger partial charge in [-0.05, 0) is 75.6 Å². The van der Waals surface area contributed by atoms with Gasteiger partial charge in [0.25, 0.3) is 0 Å². The Morgan fingerprint density at radius 2 is 2.05 bits per heavy atom. The SMILES string of the molecule is CN1CCC(CN(C)c2ccc(Br)cc2CCN)CC1. The molecule has 2 N–H and O–H groups in total. The lowest BCUT2D eigenvalue weighted by Gasteiger charge is -2.33. The molecule has 2 rings (SSSR count). The lowest BCUT2D eigenvalue weighted by Crippen LogP contribution is -2.36. The molecular formula is C16H26BrN3. The van der Waals surface area contributed by atoms with Gasteiger partial charge in [-0.3, -0.25) is 0 Å². The number of rotatable bonds is 5. The summed E-state index contributed by atoms with van der Waals surface area (Å²) in [6.45, 7) is 4.31. The molecule has 1 saturated heterocycles. The van der Waals surface area contributed by atoms with Crippen LogP contribution in [-0.2, 0) is 6.42 Å². The first-order valence-corrected chi connectivity index (χ1v) is 8.27. The number of likely N-dealkylation sites (tertiary alicyclic amines) is 1. The van der Waals surface area contributed by atoms with E-state index in [0.717, 1.165) is 23.4 Å². The molecule has 0 aliphatic carbocycles. The monoisotopic (exact) mass is 339 g/mol. The van der Waals surface area contributed by atoms with Crippen LogP contribution < -0.4 is 10.6 Å². The van der Waals surface area contributed by atoms with Crippen molar-refractivity contribution in [1.29, 1.82) is 0 Å². The van der Waals surface area contributed by atoms with Gasteiger partial charge in [0.15, 0.2) is 0 Å². The van der Waals surface area contributed by atoms with E-state index in [-0.39, 0.29) is 0 Å². The fourth-order valence-corrected chi connectivity index (χ4v) is 3.42. The number of anilines is 1. The molecule has 1 heterocycles. The molecule has 1 aromatic rings. The number of nitrogens with two attached hydrogens (primary N) is 1. The standard InChI is InChI=1S/C16H26BrN3/c1-19-9-6-13(7-10-19)12-20(2)16-4-3-15(17)11-14(16)5-8-18/h3-4,11,13H,5-10,12,18H2,1-2H3. The molecule has 3 nitrogen and oxygen atoms in total. The maximum Gasteiger partial charge on any atom is 0.0397 e. The van der Waals surface area contributed by atoms with Crippen LogP contribution in [0.1, 0.15) is 18.4 Å². The van der Waals surface area contributed by atoms with Crippen molar-refractivity contribution < 1.29 is 0 Å². The van der Waals surface area contributed by atoms with Crippen LogP contribution in [0.2, 0.25) is 0 Å². The summed E-state index contributed by atoms with van der Waals surface area (Å²) < 4.78 is 1.14. The summed E-state index contributed by atoms with van der Waals surface area (Å²) in [5.74, 6) is 0.811. The van der Waals surface area contributed by atoms with E-state index >= 15 is 0 Å². The first-order chi connectivity index (χ1) is 9.60. The second-order valence-electron chi connectivity index (χ2n) is 5.94. The number of piperidine rings is 1. The molecule has 20 heavy (non-hydrogen) atoms. The van der Waals surface area contributed by atoms with Crippen LogP contribution in [0.25, 0.3) is 0 Å². The molecule has 112 valence electrons. The van der Waals surface area contributed by atoms with Crippen LogP contribution in [-0.4, -0.2) is 45.2 Å². The van der Waals surface area contributed by atoms with Crippen molar-refractivity contribution in [1.82, 2.24) is 4.90 Å². The molecule has 0 radical (unpaired) electrons. The Bertz CT molecular complexity index is 428. The van der Waals surface area contributed by atoms with E-state index in [9.17, 15) is 0 Å². The van der Waals surface area contributed by atoms with Gasteiger partial charge in [0, 0.05) is 23.8 Å². The molecule has 0 atom stereocenters. The van der Waals surface area contributed by atoms with E-state index in [1.807, 2.05) is 0 Å². The smallest absolute Gasteiger partial charge is 0.0397 e. The number of hydrogen-bond acceptors (Lipinski definition) is 3. The number of hydrogen-bond donors (Lipinski definition) is 1. The maximum absolute atomic E-state index is 5.74. The summed E-state index contributed by atoms with van der Waals surface area (Å²) in [6.07, 6.45) is 3.56. The van der Waals surface area contributed by atoms with Crippen LogP contribution in [0, 0.1) is 5.92 Å². The van der Waals surface area contributed by atoms with E-state index < -0.39 is 0 Å². The summed E-state index contributed by atoms with van der Waals surface area (Å²) in [7, 11) is 4.43. The van der Waals surface area contributed by atoms with Gasteiger partial charge in [-0.25, -0.2) is 0 Å². The van der Waals surface area contributed by atoms with Crippen molar-refractivity contribution in [3.8, 4) is 0 Å². The molecule has 1 aliphatic rings. The van der Waals surface area contributed by atoms with Crippen LogP contribution in [0.4, 0.5) is 5.69 Å². The lowest BCUT2D eigenvalue weighted by molar-refractivity contribution is 0.222. The van der Waals surface area contributed by atoms with Gasteiger partial charge in [-0.15, -0.1) is 0 Å². The number of halogens is 1. The zero-order valence-electron chi connectivity index (χ0n) is 12.6. The third kappa shape index (κ3) is 4.21. The minimum Gasteiger partial charge on any atom is -0.374 e. The highest BCUT2D eigenvalue weighted by atomic mass is 79.9. The zero-order chi connectivity index (χ0) is 14.5. The normalized spacial score (nSPS) is 17.4. The lowest BCUT2D eigenvalue weighted by atomic mass is 9.96. The van der Waals surface area contributed by atoms with Crippen molar-refractivity contribution in [2.24, 2.45) is 11.7 Å². The van der Waals surface area contributed by atoms with E-state index in [2.05, 4.69) is 58.0 Å². The van der Waals surface area contributed by atoms with Gasteiger partial charge in [0.05, 0.1) is 0 Å². The molecule has 1 aliphatic heterocycles. The van der Waals surface area contributed by atoms with Gasteiger partial charge < -0.3 is 15.5 Å². The fraction of sp³-hybridized carbons (Fsp3) is 0.625. The van der Waals surface area contributed by atoms with Crippen molar-refractivity contribution in [3.05, 3.63) is 28.2 Å². The third-order valence-corrected chi connectivity index (χ3v) is 4.73. The molecule has 1 aromatic carbocycles. The highest BCUT2D eigenvalue weighted by Gasteiger charge is 2.19. The maximum atomic E-state index is 5.74. The predicted molar refractivity (Wildman–Crippen MR) is 90.4 cm³/mol. The molecule has 0 bridgehead atoms.